The van der Waals surface area contributed by atoms with Crippen LogP contribution in [0.15, 0.2) is 48.7 Å². The highest BCUT2D eigenvalue weighted by Crippen LogP contribution is 2.20. The first-order valence-electron chi connectivity index (χ1n) is 7.18. The first-order valence-corrected chi connectivity index (χ1v) is 7.56. The van der Waals surface area contributed by atoms with Gasteiger partial charge in [0.1, 0.15) is 11.0 Å². The largest absolute Gasteiger partial charge is 0.306 e. The molecule has 8 nitrogen and oxygen atoms in total. The molecule has 0 aliphatic carbocycles. The molecular formula is C16H12ClN5O3. The molecule has 0 radical (unpaired) electrons. The second-order valence-corrected chi connectivity index (χ2v) is 5.57. The molecule has 2 heterocycles. The van der Waals surface area contributed by atoms with Crippen LogP contribution in [0.3, 0.4) is 0 Å². The zero-order chi connectivity index (χ0) is 18.0. The van der Waals surface area contributed by atoms with Crippen molar-refractivity contribution in [3.05, 3.63) is 75.2 Å². The van der Waals surface area contributed by atoms with E-state index in [9.17, 15) is 14.9 Å². The highest BCUT2D eigenvalue weighted by Gasteiger charge is 2.14. The van der Waals surface area contributed by atoms with Gasteiger partial charge in [-0.2, -0.15) is 5.10 Å². The predicted octanol–water partition coefficient (Wildman–Crippen LogP) is 3.39. The molecule has 126 valence electrons. The van der Waals surface area contributed by atoms with Crippen molar-refractivity contribution < 1.29 is 9.72 Å². The fourth-order valence-electron chi connectivity index (χ4n) is 2.20. The average Bonchev–Trinajstić information content (AvgIpc) is 2.95. The second kappa shape index (κ2) is 6.70. The molecule has 0 bridgehead atoms. The van der Waals surface area contributed by atoms with E-state index in [0.717, 1.165) is 0 Å². The lowest BCUT2D eigenvalue weighted by Crippen LogP contribution is -2.15. The van der Waals surface area contributed by atoms with Crippen LogP contribution >= 0.6 is 11.6 Å². The van der Waals surface area contributed by atoms with Crippen LogP contribution in [0.5, 0.6) is 0 Å². The molecule has 0 aliphatic heterocycles. The maximum atomic E-state index is 12.3. The summed E-state index contributed by atoms with van der Waals surface area (Å²) in [6.45, 7) is 1.78. The van der Waals surface area contributed by atoms with Crippen LogP contribution < -0.4 is 5.32 Å². The number of benzene rings is 1. The summed E-state index contributed by atoms with van der Waals surface area (Å²) >= 11 is 5.72. The number of carbonyl (C=O) groups is 1. The first-order chi connectivity index (χ1) is 11.9. The molecule has 9 heteroatoms. The molecule has 25 heavy (non-hydrogen) atoms. The van der Waals surface area contributed by atoms with Gasteiger partial charge in [0.2, 0.25) is 0 Å². The minimum atomic E-state index is -0.478. The Balaban J connectivity index is 1.89. The van der Waals surface area contributed by atoms with Gasteiger partial charge in [0.25, 0.3) is 11.6 Å². The Hall–Kier alpha value is -3.26. The van der Waals surface area contributed by atoms with Gasteiger partial charge < -0.3 is 5.32 Å². The number of amides is 1. The smallest absolute Gasteiger partial charge is 0.269 e. The quantitative estimate of drug-likeness (QED) is 0.438. The fourth-order valence-corrected chi connectivity index (χ4v) is 2.31. The van der Waals surface area contributed by atoms with E-state index in [1.807, 2.05) is 0 Å². The number of anilines is 1. The van der Waals surface area contributed by atoms with Gasteiger partial charge in [0.15, 0.2) is 0 Å². The molecule has 0 aliphatic rings. The lowest BCUT2D eigenvalue weighted by Gasteiger charge is -2.09. The van der Waals surface area contributed by atoms with Crippen molar-refractivity contribution in [1.82, 2.24) is 14.8 Å². The molecule has 0 saturated heterocycles. The zero-order valence-electron chi connectivity index (χ0n) is 13.0. The fraction of sp³-hybridized carbons (Fsp3) is 0.0625. The van der Waals surface area contributed by atoms with Gasteiger partial charge in [-0.25, -0.2) is 9.67 Å². The van der Waals surface area contributed by atoms with Crippen LogP contribution in [0.2, 0.25) is 5.15 Å². The third-order valence-electron chi connectivity index (χ3n) is 3.37. The van der Waals surface area contributed by atoms with E-state index < -0.39 is 4.92 Å². The van der Waals surface area contributed by atoms with Gasteiger partial charge in [-0.15, -0.1) is 0 Å². The van der Waals surface area contributed by atoms with E-state index in [1.54, 1.807) is 31.2 Å². The van der Waals surface area contributed by atoms with Crippen LogP contribution in [0.25, 0.3) is 5.69 Å². The minimum absolute atomic E-state index is 0.0227. The van der Waals surface area contributed by atoms with Crippen LogP contribution in [0.4, 0.5) is 11.5 Å². The molecule has 0 saturated carbocycles. The van der Waals surface area contributed by atoms with Gasteiger partial charge >= 0.3 is 0 Å². The molecular weight excluding hydrogens is 346 g/mol. The van der Waals surface area contributed by atoms with E-state index in [2.05, 4.69) is 15.4 Å². The second-order valence-electron chi connectivity index (χ2n) is 5.18. The lowest BCUT2D eigenvalue weighted by atomic mass is 10.2. The van der Waals surface area contributed by atoms with Crippen LogP contribution in [0.1, 0.15) is 16.1 Å². The third-order valence-corrected chi connectivity index (χ3v) is 3.59. The van der Waals surface area contributed by atoms with E-state index in [4.69, 9.17) is 11.6 Å². The van der Waals surface area contributed by atoms with Gasteiger partial charge in [-0.3, -0.25) is 14.9 Å². The summed E-state index contributed by atoms with van der Waals surface area (Å²) in [6, 6.07) is 10.7. The zero-order valence-corrected chi connectivity index (χ0v) is 13.8. The van der Waals surface area contributed by atoms with Crippen LogP contribution in [0, 0.1) is 17.0 Å². The van der Waals surface area contributed by atoms with Crippen LogP contribution in [-0.4, -0.2) is 25.6 Å². The van der Waals surface area contributed by atoms with Crippen molar-refractivity contribution in [3.8, 4) is 5.69 Å². The van der Waals surface area contributed by atoms with Gasteiger partial charge in [-0.1, -0.05) is 11.6 Å². The Morgan fingerprint density at radius 3 is 2.56 bits per heavy atom. The number of carbonyl (C=O) groups excluding carboxylic acids is 1. The van der Waals surface area contributed by atoms with Gasteiger partial charge in [0.05, 0.1) is 21.9 Å². The SMILES string of the molecule is Cc1cc(NC(=O)c2ccc(Cl)nc2)n(-c2ccc([N+](=O)[O-])cc2)n1. The summed E-state index contributed by atoms with van der Waals surface area (Å²) in [7, 11) is 0. The lowest BCUT2D eigenvalue weighted by molar-refractivity contribution is -0.384. The van der Waals surface area contributed by atoms with Crippen molar-refractivity contribution >= 4 is 29.0 Å². The van der Waals surface area contributed by atoms with Gasteiger partial charge in [-0.05, 0) is 31.2 Å². The standard InChI is InChI=1S/C16H12ClN5O3/c1-10-8-15(19-16(23)11-2-7-14(17)18-9-11)21(20-10)12-3-5-13(6-4-12)22(24)25/h2-9H,1H3,(H,19,23). The summed E-state index contributed by atoms with van der Waals surface area (Å²) in [6.07, 6.45) is 1.37. The number of hydrogen-bond acceptors (Lipinski definition) is 5. The van der Waals surface area contributed by atoms with E-state index in [1.165, 1.54) is 29.1 Å². The number of pyridine rings is 1. The van der Waals surface area contributed by atoms with E-state index >= 15 is 0 Å². The first kappa shape index (κ1) is 16.6. The molecule has 1 amide bonds. The maximum absolute atomic E-state index is 12.3. The Morgan fingerprint density at radius 1 is 1.24 bits per heavy atom. The molecule has 2 aromatic heterocycles. The van der Waals surface area contributed by atoms with Crippen molar-refractivity contribution in [3.63, 3.8) is 0 Å². The number of non-ortho nitro benzene ring substituents is 1. The molecule has 0 spiro atoms. The van der Waals surface area contributed by atoms with E-state index in [0.29, 0.717) is 27.9 Å². The van der Waals surface area contributed by atoms with Gasteiger partial charge in [0, 0.05) is 24.4 Å². The Morgan fingerprint density at radius 2 is 1.96 bits per heavy atom. The maximum Gasteiger partial charge on any atom is 0.269 e. The molecule has 3 rings (SSSR count). The highest BCUT2D eigenvalue weighted by molar-refractivity contribution is 6.29. The number of nitrogens with zero attached hydrogens (tertiary/aromatic N) is 4. The summed E-state index contributed by atoms with van der Waals surface area (Å²) in [5.74, 6) is 0.0681. The third kappa shape index (κ3) is 3.64. The highest BCUT2D eigenvalue weighted by atomic mass is 35.5. The minimum Gasteiger partial charge on any atom is -0.306 e. The number of aromatic nitrogens is 3. The summed E-state index contributed by atoms with van der Waals surface area (Å²) < 4.78 is 1.50. The van der Waals surface area contributed by atoms with Crippen LogP contribution in [-0.2, 0) is 0 Å². The predicted molar refractivity (Wildman–Crippen MR) is 92.2 cm³/mol. The molecule has 3 aromatic rings. The van der Waals surface area contributed by atoms with Crippen molar-refractivity contribution in [2.24, 2.45) is 0 Å². The molecule has 1 aromatic carbocycles. The number of halogens is 1. The van der Waals surface area contributed by atoms with E-state index in [-0.39, 0.29) is 11.6 Å². The molecule has 1 N–H and O–H groups in total. The number of nitro benzene ring substituents is 1. The number of nitro groups is 1. The Bertz CT molecular complexity index is 935. The normalized spacial score (nSPS) is 10.5. The molecule has 0 unspecified atom stereocenters. The Labute approximate surface area is 147 Å². The molecule has 0 fully saturated rings. The van der Waals surface area contributed by atoms with Crippen molar-refractivity contribution in [1.29, 1.82) is 0 Å². The van der Waals surface area contributed by atoms with Crippen molar-refractivity contribution in [2.45, 2.75) is 6.92 Å². The monoisotopic (exact) mass is 357 g/mol. The number of aryl methyl sites for hydroxylation is 1. The topological polar surface area (TPSA) is 103 Å². The van der Waals surface area contributed by atoms with Crippen molar-refractivity contribution in [2.75, 3.05) is 5.32 Å². The Kier molecular flexibility index (Phi) is 4.44. The summed E-state index contributed by atoms with van der Waals surface area (Å²) in [5.41, 5.74) is 1.59. The average molecular weight is 358 g/mol. The number of nitrogens with one attached hydrogen (secondary N) is 1. The summed E-state index contributed by atoms with van der Waals surface area (Å²) in [4.78, 5) is 26.5. The molecule has 0 atom stereocenters. The number of hydrogen-bond donors (Lipinski definition) is 1. The summed E-state index contributed by atoms with van der Waals surface area (Å²) in [5, 5.41) is 18.1. The number of rotatable bonds is 4.